The molecule has 1 aromatic heterocycles. The van der Waals surface area contributed by atoms with Crippen molar-refractivity contribution in [3.63, 3.8) is 0 Å². The molecular weight excluding hydrogens is 290 g/mol. The van der Waals surface area contributed by atoms with Crippen LogP contribution in [0.4, 0.5) is 5.69 Å². The van der Waals surface area contributed by atoms with Gasteiger partial charge in [-0.2, -0.15) is 0 Å². The fourth-order valence-electron chi connectivity index (χ4n) is 1.30. The van der Waals surface area contributed by atoms with Crippen molar-refractivity contribution in [3.8, 4) is 5.75 Å². The Morgan fingerprint density at radius 1 is 1.37 bits per heavy atom. The quantitative estimate of drug-likeness (QED) is 0.373. The lowest BCUT2D eigenvalue weighted by Gasteiger charge is -2.03. The summed E-state index contributed by atoms with van der Waals surface area (Å²) in [5.74, 6) is 0.708. The first-order chi connectivity index (χ1) is 9.10. The molecule has 0 bridgehead atoms. The number of nitrogens with zero attached hydrogens (tertiary/aromatic N) is 3. The van der Waals surface area contributed by atoms with Crippen LogP contribution in [-0.4, -0.2) is 22.0 Å². The van der Waals surface area contributed by atoms with Crippen LogP contribution in [0.3, 0.4) is 0 Å². The summed E-state index contributed by atoms with van der Waals surface area (Å²) in [5.41, 5.74) is -0.176. The Hall–Kier alpha value is -1.86. The monoisotopic (exact) mass is 297 g/mol. The van der Waals surface area contributed by atoms with Crippen molar-refractivity contribution in [3.05, 3.63) is 45.9 Å². The Morgan fingerprint density at radius 3 is 2.63 bits per heavy atom. The Bertz CT molecular complexity index is 607. The Kier molecular flexibility index (Phi) is 4.18. The fraction of sp³-hybridized carbons (Fsp3) is 0.0909. The standard InChI is InChI=1S/C11H8ClN3O3S/c1-18-7-2-4-8(5-3-7)19-10-9(15(16)17)6-13-11(12)14-10/h2-6H,1H3. The molecule has 8 heteroatoms. The van der Waals surface area contributed by atoms with Gasteiger partial charge in [-0.05, 0) is 35.9 Å². The maximum Gasteiger partial charge on any atom is 0.319 e. The summed E-state index contributed by atoms with van der Waals surface area (Å²) in [6, 6.07) is 7.08. The normalized spacial score (nSPS) is 10.2. The van der Waals surface area contributed by atoms with Gasteiger partial charge >= 0.3 is 5.69 Å². The summed E-state index contributed by atoms with van der Waals surface area (Å²) in [5, 5.41) is 11.1. The number of hydrogen-bond acceptors (Lipinski definition) is 6. The molecule has 1 aromatic carbocycles. The zero-order valence-electron chi connectivity index (χ0n) is 9.74. The van der Waals surface area contributed by atoms with Gasteiger partial charge in [0.25, 0.3) is 0 Å². The minimum Gasteiger partial charge on any atom is -0.497 e. The Balaban J connectivity index is 2.31. The predicted octanol–water partition coefficient (Wildman–Crippen LogP) is 3.20. The SMILES string of the molecule is COc1ccc(Sc2nc(Cl)ncc2[N+](=O)[O-])cc1. The van der Waals surface area contributed by atoms with Gasteiger partial charge in [-0.3, -0.25) is 10.1 Å². The third-order valence-electron chi connectivity index (χ3n) is 2.18. The highest BCUT2D eigenvalue weighted by Crippen LogP contribution is 2.33. The molecule has 0 unspecified atom stereocenters. The molecule has 19 heavy (non-hydrogen) atoms. The molecular formula is C11H8ClN3O3S. The van der Waals surface area contributed by atoms with Crippen LogP contribution in [0.1, 0.15) is 0 Å². The minimum atomic E-state index is -0.539. The van der Waals surface area contributed by atoms with Crippen LogP contribution in [0, 0.1) is 10.1 Å². The molecule has 0 N–H and O–H groups in total. The van der Waals surface area contributed by atoms with Crippen LogP contribution in [0.5, 0.6) is 5.75 Å². The average Bonchev–Trinajstić information content (AvgIpc) is 2.39. The van der Waals surface area contributed by atoms with Crippen LogP contribution in [-0.2, 0) is 0 Å². The molecule has 2 aromatic rings. The molecule has 0 spiro atoms. The number of halogens is 1. The molecule has 0 amide bonds. The lowest BCUT2D eigenvalue weighted by Crippen LogP contribution is -1.95. The molecule has 0 saturated carbocycles. The summed E-state index contributed by atoms with van der Waals surface area (Å²) in [7, 11) is 1.57. The molecule has 0 aliphatic rings. The second-order valence-corrected chi connectivity index (χ2v) is 4.76. The van der Waals surface area contributed by atoms with Gasteiger partial charge in [0.15, 0.2) is 5.03 Å². The Morgan fingerprint density at radius 2 is 2.05 bits per heavy atom. The summed E-state index contributed by atoms with van der Waals surface area (Å²) >= 11 is 6.80. The van der Waals surface area contributed by atoms with Crippen molar-refractivity contribution in [2.75, 3.05) is 7.11 Å². The van der Waals surface area contributed by atoms with Gasteiger partial charge in [0.2, 0.25) is 5.28 Å². The van der Waals surface area contributed by atoms with E-state index in [9.17, 15) is 10.1 Å². The van der Waals surface area contributed by atoms with Crippen molar-refractivity contribution in [1.29, 1.82) is 0 Å². The van der Waals surface area contributed by atoms with Gasteiger partial charge in [0.1, 0.15) is 11.9 Å². The number of hydrogen-bond donors (Lipinski definition) is 0. The maximum atomic E-state index is 10.9. The molecule has 6 nitrogen and oxygen atoms in total. The first-order valence-electron chi connectivity index (χ1n) is 5.09. The zero-order valence-corrected chi connectivity index (χ0v) is 11.3. The van der Waals surface area contributed by atoms with E-state index in [1.165, 1.54) is 0 Å². The van der Waals surface area contributed by atoms with E-state index in [0.29, 0.717) is 5.75 Å². The smallest absolute Gasteiger partial charge is 0.319 e. The highest BCUT2D eigenvalue weighted by molar-refractivity contribution is 7.99. The van der Waals surface area contributed by atoms with Crippen LogP contribution in [0.15, 0.2) is 40.4 Å². The molecule has 0 aliphatic heterocycles. The lowest BCUT2D eigenvalue weighted by molar-refractivity contribution is -0.388. The molecule has 1 heterocycles. The molecule has 0 fully saturated rings. The van der Waals surface area contributed by atoms with Crippen molar-refractivity contribution >= 4 is 29.1 Å². The summed E-state index contributed by atoms with van der Waals surface area (Å²) in [6.07, 6.45) is 1.10. The van der Waals surface area contributed by atoms with E-state index in [4.69, 9.17) is 16.3 Å². The Labute approximate surface area is 117 Å². The highest BCUT2D eigenvalue weighted by Gasteiger charge is 2.18. The van der Waals surface area contributed by atoms with Gasteiger partial charge in [-0.25, -0.2) is 9.97 Å². The minimum absolute atomic E-state index is 0.0263. The third-order valence-corrected chi connectivity index (χ3v) is 3.36. The van der Waals surface area contributed by atoms with E-state index in [-0.39, 0.29) is 16.0 Å². The summed E-state index contributed by atoms with van der Waals surface area (Å²) in [4.78, 5) is 18.6. The molecule has 98 valence electrons. The number of rotatable bonds is 4. The van der Waals surface area contributed by atoms with Gasteiger partial charge < -0.3 is 4.74 Å². The molecule has 0 atom stereocenters. The predicted molar refractivity (Wildman–Crippen MR) is 70.8 cm³/mol. The molecule has 0 radical (unpaired) electrons. The number of nitro groups is 1. The van der Waals surface area contributed by atoms with Crippen LogP contribution in [0.2, 0.25) is 5.28 Å². The number of aromatic nitrogens is 2. The van der Waals surface area contributed by atoms with Crippen molar-refractivity contribution in [1.82, 2.24) is 9.97 Å². The van der Waals surface area contributed by atoms with Gasteiger partial charge in [0, 0.05) is 4.90 Å². The van der Waals surface area contributed by atoms with E-state index in [0.717, 1.165) is 22.9 Å². The van der Waals surface area contributed by atoms with Crippen molar-refractivity contribution in [2.45, 2.75) is 9.92 Å². The van der Waals surface area contributed by atoms with E-state index in [1.54, 1.807) is 31.4 Å². The summed E-state index contributed by atoms with van der Waals surface area (Å²) in [6.45, 7) is 0. The van der Waals surface area contributed by atoms with Gasteiger partial charge in [-0.1, -0.05) is 11.8 Å². The molecule has 2 rings (SSSR count). The average molecular weight is 298 g/mol. The first-order valence-corrected chi connectivity index (χ1v) is 6.28. The zero-order chi connectivity index (χ0) is 13.8. The van der Waals surface area contributed by atoms with E-state index < -0.39 is 4.92 Å². The van der Waals surface area contributed by atoms with Crippen LogP contribution < -0.4 is 4.74 Å². The number of methoxy groups -OCH3 is 1. The maximum absolute atomic E-state index is 10.9. The lowest BCUT2D eigenvalue weighted by atomic mass is 10.3. The number of ether oxygens (including phenoxy) is 1. The largest absolute Gasteiger partial charge is 0.497 e. The summed E-state index contributed by atoms with van der Waals surface area (Å²) < 4.78 is 5.04. The van der Waals surface area contributed by atoms with E-state index >= 15 is 0 Å². The van der Waals surface area contributed by atoms with Gasteiger partial charge in [-0.15, -0.1) is 0 Å². The number of benzene rings is 1. The van der Waals surface area contributed by atoms with Crippen molar-refractivity contribution in [2.24, 2.45) is 0 Å². The molecule has 0 aliphatic carbocycles. The second kappa shape index (κ2) is 5.85. The van der Waals surface area contributed by atoms with Crippen molar-refractivity contribution < 1.29 is 9.66 Å². The van der Waals surface area contributed by atoms with Crippen LogP contribution in [0.25, 0.3) is 0 Å². The second-order valence-electron chi connectivity index (χ2n) is 3.36. The van der Waals surface area contributed by atoms with Crippen LogP contribution >= 0.6 is 23.4 Å². The van der Waals surface area contributed by atoms with E-state index in [2.05, 4.69) is 9.97 Å². The first kappa shape index (κ1) is 13.6. The third kappa shape index (κ3) is 3.33. The topological polar surface area (TPSA) is 78.2 Å². The highest BCUT2D eigenvalue weighted by atomic mass is 35.5. The fourth-order valence-corrected chi connectivity index (χ4v) is 2.34. The van der Waals surface area contributed by atoms with E-state index in [1.807, 2.05) is 0 Å². The van der Waals surface area contributed by atoms with Gasteiger partial charge in [0.05, 0.1) is 12.0 Å². The molecule has 0 saturated heterocycles.